The molecule has 126 valence electrons. The van der Waals surface area contributed by atoms with E-state index in [1.165, 1.54) is 19.3 Å². The molecule has 0 amide bonds. The van der Waals surface area contributed by atoms with Crippen molar-refractivity contribution in [3.05, 3.63) is 59.2 Å². The van der Waals surface area contributed by atoms with Gasteiger partial charge in [-0.1, -0.05) is 56.9 Å². The molecule has 0 bridgehead atoms. The molecule has 0 saturated carbocycles. The van der Waals surface area contributed by atoms with Gasteiger partial charge in [0.1, 0.15) is 11.5 Å². The van der Waals surface area contributed by atoms with Crippen molar-refractivity contribution in [3.63, 3.8) is 0 Å². The number of rotatable bonds is 7. The van der Waals surface area contributed by atoms with Crippen LogP contribution in [0, 0.1) is 0 Å². The van der Waals surface area contributed by atoms with Crippen LogP contribution in [0.1, 0.15) is 60.5 Å². The van der Waals surface area contributed by atoms with Gasteiger partial charge in [-0.3, -0.25) is 0 Å². The third-order valence-electron chi connectivity index (χ3n) is 4.39. The highest BCUT2D eigenvalue weighted by Crippen LogP contribution is 2.37. The fourth-order valence-corrected chi connectivity index (χ4v) is 3.04. The maximum absolute atomic E-state index is 12.4. The number of carbonyl (C=O) groups excluding carboxylic acids is 1. The molecule has 0 saturated heterocycles. The van der Waals surface area contributed by atoms with E-state index in [1.54, 1.807) is 0 Å². The zero-order valence-corrected chi connectivity index (χ0v) is 14.2. The SMILES string of the molecule is CCCCCCCOC(=O)c1cccc2c1Cc1ccccc1O2. The Hall–Kier alpha value is -2.29. The molecule has 1 heterocycles. The largest absolute Gasteiger partial charge is 0.462 e. The van der Waals surface area contributed by atoms with Crippen molar-refractivity contribution in [1.82, 2.24) is 0 Å². The molecule has 2 aromatic carbocycles. The summed E-state index contributed by atoms with van der Waals surface area (Å²) in [6, 6.07) is 13.5. The quantitative estimate of drug-likeness (QED) is 0.424. The first-order valence-corrected chi connectivity index (χ1v) is 8.84. The van der Waals surface area contributed by atoms with Crippen molar-refractivity contribution in [1.29, 1.82) is 0 Å². The Morgan fingerprint density at radius 3 is 2.67 bits per heavy atom. The number of benzene rings is 2. The van der Waals surface area contributed by atoms with Gasteiger partial charge in [-0.05, 0) is 30.2 Å². The maximum Gasteiger partial charge on any atom is 0.338 e. The fourth-order valence-electron chi connectivity index (χ4n) is 3.04. The van der Waals surface area contributed by atoms with Gasteiger partial charge in [0, 0.05) is 12.0 Å². The van der Waals surface area contributed by atoms with Crippen LogP contribution in [0.3, 0.4) is 0 Å². The maximum atomic E-state index is 12.4. The van der Waals surface area contributed by atoms with Gasteiger partial charge in [0.25, 0.3) is 0 Å². The van der Waals surface area contributed by atoms with Crippen LogP contribution in [0.4, 0.5) is 0 Å². The predicted molar refractivity (Wildman–Crippen MR) is 94.8 cm³/mol. The molecule has 0 unspecified atom stereocenters. The van der Waals surface area contributed by atoms with Gasteiger partial charge in [0.2, 0.25) is 0 Å². The lowest BCUT2D eigenvalue weighted by Gasteiger charge is -2.21. The van der Waals surface area contributed by atoms with Crippen LogP contribution in [0.2, 0.25) is 0 Å². The zero-order valence-electron chi connectivity index (χ0n) is 14.2. The molecule has 0 aliphatic carbocycles. The molecular formula is C21H24O3. The van der Waals surface area contributed by atoms with E-state index in [1.807, 2.05) is 42.5 Å². The number of esters is 1. The van der Waals surface area contributed by atoms with E-state index >= 15 is 0 Å². The second-order valence-corrected chi connectivity index (χ2v) is 6.22. The highest BCUT2D eigenvalue weighted by atomic mass is 16.5. The van der Waals surface area contributed by atoms with E-state index < -0.39 is 0 Å². The van der Waals surface area contributed by atoms with Gasteiger partial charge in [0.05, 0.1) is 12.2 Å². The average molecular weight is 324 g/mol. The number of hydrogen-bond donors (Lipinski definition) is 0. The minimum Gasteiger partial charge on any atom is -0.462 e. The lowest BCUT2D eigenvalue weighted by Crippen LogP contribution is -2.13. The minimum atomic E-state index is -0.245. The van der Waals surface area contributed by atoms with E-state index in [2.05, 4.69) is 6.92 Å². The first kappa shape index (κ1) is 16.6. The van der Waals surface area contributed by atoms with Crippen LogP contribution in [0.25, 0.3) is 0 Å². The topological polar surface area (TPSA) is 35.5 Å². The summed E-state index contributed by atoms with van der Waals surface area (Å²) in [5.74, 6) is 1.38. The summed E-state index contributed by atoms with van der Waals surface area (Å²) in [5, 5.41) is 0. The fraction of sp³-hybridized carbons (Fsp3) is 0.381. The summed E-state index contributed by atoms with van der Waals surface area (Å²) in [5.41, 5.74) is 2.65. The molecule has 3 nitrogen and oxygen atoms in total. The Morgan fingerprint density at radius 2 is 1.79 bits per heavy atom. The van der Waals surface area contributed by atoms with E-state index in [9.17, 15) is 4.79 Å². The Balaban J connectivity index is 1.64. The van der Waals surface area contributed by atoms with Crippen LogP contribution >= 0.6 is 0 Å². The Labute approximate surface area is 143 Å². The molecule has 0 spiro atoms. The highest BCUT2D eigenvalue weighted by molar-refractivity contribution is 5.92. The smallest absolute Gasteiger partial charge is 0.338 e. The molecule has 3 heteroatoms. The molecule has 1 aliphatic heterocycles. The predicted octanol–water partition coefficient (Wildman–Crippen LogP) is 5.51. The summed E-state index contributed by atoms with van der Waals surface area (Å²) in [6.45, 7) is 2.68. The van der Waals surface area contributed by atoms with E-state index in [0.29, 0.717) is 18.6 Å². The second-order valence-electron chi connectivity index (χ2n) is 6.22. The van der Waals surface area contributed by atoms with Crippen LogP contribution in [0.15, 0.2) is 42.5 Å². The first-order valence-electron chi connectivity index (χ1n) is 8.84. The summed E-state index contributed by atoms with van der Waals surface area (Å²) in [6.07, 6.45) is 6.42. The minimum absolute atomic E-state index is 0.245. The normalized spacial score (nSPS) is 12.0. The third-order valence-corrected chi connectivity index (χ3v) is 4.39. The summed E-state index contributed by atoms with van der Waals surface area (Å²) in [4.78, 5) is 12.4. The van der Waals surface area contributed by atoms with Crippen molar-refractivity contribution < 1.29 is 14.3 Å². The van der Waals surface area contributed by atoms with Crippen molar-refractivity contribution in [3.8, 4) is 11.5 Å². The number of hydrogen-bond acceptors (Lipinski definition) is 3. The first-order chi connectivity index (χ1) is 11.8. The lowest BCUT2D eigenvalue weighted by molar-refractivity contribution is 0.0496. The highest BCUT2D eigenvalue weighted by Gasteiger charge is 2.22. The number of fused-ring (bicyclic) bond motifs is 2. The van der Waals surface area contributed by atoms with Gasteiger partial charge < -0.3 is 9.47 Å². The number of para-hydroxylation sites is 1. The summed E-state index contributed by atoms with van der Waals surface area (Å²) < 4.78 is 11.4. The van der Waals surface area contributed by atoms with Gasteiger partial charge >= 0.3 is 5.97 Å². The number of ether oxygens (including phenoxy) is 2. The van der Waals surface area contributed by atoms with Crippen LogP contribution < -0.4 is 4.74 Å². The summed E-state index contributed by atoms with van der Waals surface area (Å²) in [7, 11) is 0. The number of unbranched alkanes of at least 4 members (excludes halogenated alkanes) is 4. The molecule has 1 aliphatic rings. The van der Waals surface area contributed by atoms with Gasteiger partial charge in [-0.25, -0.2) is 4.79 Å². The van der Waals surface area contributed by atoms with Crippen molar-refractivity contribution in [2.24, 2.45) is 0 Å². The molecule has 0 fully saturated rings. The molecule has 0 radical (unpaired) electrons. The molecule has 3 rings (SSSR count). The monoisotopic (exact) mass is 324 g/mol. The standard InChI is InChI=1S/C21H24O3/c1-2-3-4-5-8-14-23-21(22)17-11-9-13-20-18(17)15-16-10-6-7-12-19(16)24-20/h6-7,9-13H,2-5,8,14-15H2,1H3. The van der Waals surface area contributed by atoms with Crippen molar-refractivity contribution in [2.45, 2.75) is 45.4 Å². The Morgan fingerprint density at radius 1 is 1.00 bits per heavy atom. The van der Waals surface area contributed by atoms with E-state index in [0.717, 1.165) is 35.5 Å². The van der Waals surface area contributed by atoms with E-state index in [-0.39, 0.29) is 5.97 Å². The van der Waals surface area contributed by atoms with Crippen LogP contribution in [-0.2, 0) is 11.2 Å². The molecule has 24 heavy (non-hydrogen) atoms. The third kappa shape index (κ3) is 3.78. The molecule has 0 aromatic heterocycles. The zero-order chi connectivity index (χ0) is 16.8. The van der Waals surface area contributed by atoms with Gasteiger partial charge in [-0.2, -0.15) is 0 Å². The average Bonchev–Trinajstić information content (AvgIpc) is 2.62. The second kappa shape index (κ2) is 8.00. The van der Waals surface area contributed by atoms with Crippen molar-refractivity contribution >= 4 is 5.97 Å². The Bertz CT molecular complexity index is 706. The summed E-state index contributed by atoms with van der Waals surface area (Å²) >= 11 is 0. The van der Waals surface area contributed by atoms with Crippen LogP contribution in [-0.4, -0.2) is 12.6 Å². The van der Waals surface area contributed by atoms with Crippen molar-refractivity contribution in [2.75, 3.05) is 6.61 Å². The number of carbonyl (C=O) groups is 1. The van der Waals surface area contributed by atoms with E-state index in [4.69, 9.17) is 9.47 Å². The van der Waals surface area contributed by atoms with Gasteiger partial charge in [-0.15, -0.1) is 0 Å². The Kier molecular flexibility index (Phi) is 5.52. The van der Waals surface area contributed by atoms with Crippen LogP contribution in [0.5, 0.6) is 11.5 Å². The molecule has 0 N–H and O–H groups in total. The lowest BCUT2D eigenvalue weighted by atomic mass is 9.96. The molecule has 2 aromatic rings. The molecule has 0 atom stereocenters. The molecular weight excluding hydrogens is 300 g/mol. The van der Waals surface area contributed by atoms with Gasteiger partial charge in [0.15, 0.2) is 0 Å².